The molecule has 0 amide bonds. The molecule has 1 aromatic heterocycles. The van der Waals surface area contributed by atoms with Crippen molar-refractivity contribution in [2.75, 3.05) is 7.11 Å². The van der Waals surface area contributed by atoms with Gasteiger partial charge in [0.15, 0.2) is 5.69 Å². The molecule has 0 aliphatic carbocycles. The number of halogens is 4. The molecule has 0 radical (unpaired) electrons. The minimum absolute atomic E-state index is 0.0389. The number of alkyl halides is 3. The Hall–Kier alpha value is -0.750. The zero-order valence-electron chi connectivity index (χ0n) is 7.52. The molecule has 0 saturated carbocycles. The summed E-state index contributed by atoms with van der Waals surface area (Å²) in [7, 11) is 2.55. The highest BCUT2D eigenvalue weighted by Gasteiger charge is 2.38. The van der Waals surface area contributed by atoms with Crippen LogP contribution >= 0.6 is 11.6 Å². The molecule has 0 fully saturated rings. The molecule has 14 heavy (non-hydrogen) atoms. The fraction of sp³-hybridized carbons (Fsp3) is 0.571. The molecule has 0 bridgehead atoms. The largest absolute Gasteiger partial charge is 0.434 e. The molecular weight excluding hydrogens is 221 g/mol. The van der Waals surface area contributed by atoms with Crippen LogP contribution < -0.4 is 0 Å². The van der Waals surface area contributed by atoms with Crippen molar-refractivity contribution in [3.8, 4) is 0 Å². The molecule has 1 rings (SSSR count). The van der Waals surface area contributed by atoms with Crippen LogP contribution in [0.4, 0.5) is 13.2 Å². The van der Waals surface area contributed by atoms with E-state index >= 15 is 0 Å². The molecule has 7 heteroatoms. The van der Waals surface area contributed by atoms with Gasteiger partial charge in [-0.15, -0.1) is 0 Å². The third kappa shape index (κ3) is 2.01. The summed E-state index contributed by atoms with van der Waals surface area (Å²) in [5.74, 6) is 0. The second-order valence-electron chi connectivity index (χ2n) is 2.66. The summed E-state index contributed by atoms with van der Waals surface area (Å²) in [6.45, 7) is -0.0389. The number of aromatic nitrogens is 2. The highest BCUT2D eigenvalue weighted by atomic mass is 35.5. The predicted octanol–water partition coefficient (Wildman–Crippen LogP) is 2.24. The summed E-state index contributed by atoms with van der Waals surface area (Å²) in [6, 6.07) is 0. The average Bonchev–Trinajstić information content (AvgIpc) is 2.26. The Balaban J connectivity index is 3.18. The maximum atomic E-state index is 12.4. The second-order valence-corrected chi connectivity index (χ2v) is 3.04. The zero-order chi connectivity index (χ0) is 10.9. The van der Waals surface area contributed by atoms with Gasteiger partial charge in [0, 0.05) is 14.2 Å². The summed E-state index contributed by atoms with van der Waals surface area (Å²) in [6.07, 6.45) is -4.50. The fourth-order valence-corrected chi connectivity index (χ4v) is 1.41. The predicted molar refractivity (Wildman–Crippen MR) is 43.9 cm³/mol. The van der Waals surface area contributed by atoms with Crippen molar-refractivity contribution in [1.82, 2.24) is 9.78 Å². The number of rotatable bonds is 2. The van der Waals surface area contributed by atoms with E-state index in [-0.39, 0.29) is 12.3 Å². The highest BCUT2D eigenvalue weighted by Crippen LogP contribution is 2.35. The molecule has 0 spiro atoms. The van der Waals surface area contributed by atoms with Crippen LogP contribution in [0.25, 0.3) is 0 Å². The van der Waals surface area contributed by atoms with Crippen LogP contribution in [0.2, 0.25) is 5.02 Å². The van der Waals surface area contributed by atoms with Crippen molar-refractivity contribution in [3.05, 3.63) is 16.4 Å². The quantitative estimate of drug-likeness (QED) is 0.776. The molecule has 0 aromatic carbocycles. The first-order valence-corrected chi connectivity index (χ1v) is 4.03. The summed E-state index contributed by atoms with van der Waals surface area (Å²) in [4.78, 5) is 0. The molecular formula is C7H8ClF3N2O. The highest BCUT2D eigenvalue weighted by molar-refractivity contribution is 6.32. The lowest BCUT2D eigenvalue weighted by molar-refractivity contribution is -0.143. The molecule has 80 valence electrons. The second kappa shape index (κ2) is 3.78. The lowest BCUT2D eigenvalue weighted by Crippen LogP contribution is -2.12. The van der Waals surface area contributed by atoms with Gasteiger partial charge in [-0.1, -0.05) is 11.6 Å². The number of hydrogen-bond donors (Lipinski definition) is 0. The first-order chi connectivity index (χ1) is 6.38. The molecule has 0 N–H and O–H groups in total. The summed E-state index contributed by atoms with van der Waals surface area (Å²) < 4.78 is 42.5. The molecule has 3 nitrogen and oxygen atoms in total. The van der Waals surface area contributed by atoms with Crippen molar-refractivity contribution in [1.29, 1.82) is 0 Å². The molecule has 1 heterocycles. The number of hydrogen-bond acceptors (Lipinski definition) is 2. The summed E-state index contributed by atoms with van der Waals surface area (Å²) >= 11 is 5.51. The van der Waals surface area contributed by atoms with Gasteiger partial charge < -0.3 is 4.74 Å². The molecule has 0 saturated heterocycles. The SMILES string of the molecule is COCc1nn(C)c(C(F)(F)F)c1Cl. The van der Waals surface area contributed by atoms with Gasteiger partial charge in [-0.3, -0.25) is 4.68 Å². The van der Waals surface area contributed by atoms with Gasteiger partial charge in [0.1, 0.15) is 5.69 Å². The third-order valence-electron chi connectivity index (χ3n) is 1.61. The maximum Gasteiger partial charge on any atom is 0.434 e. The van der Waals surface area contributed by atoms with Gasteiger partial charge in [0.25, 0.3) is 0 Å². The van der Waals surface area contributed by atoms with Crippen LogP contribution in [0.5, 0.6) is 0 Å². The Morgan fingerprint density at radius 3 is 2.43 bits per heavy atom. The van der Waals surface area contributed by atoms with E-state index in [0.717, 1.165) is 0 Å². The van der Waals surface area contributed by atoms with Gasteiger partial charge in [-0.2, -0.15) is 18.3 Å². The molecule has 1 aromatic rings. The van der Waals surface area contributed by atoms with Crippen LogP contribution in [0.1, 0.15) is 11.4 Å². The van der Waals surface area contributed by atoms with Crippen molar-refractivity contribution in [3.63, 3.8) is 0 Å². The molecule has 0 aliphatic rings. The Kier molecular flexibility index (Phi) is 3.06. The fourth-order valence-electron chi connectivity index (χ4n) is 1.09. The normalized spacial score (nSPS) is 12.1. The smallest absolute Gasteiger partial charge is 0.378 e. The number of nitrogens with zero attached hydrogens (tertiary/aromatic N) is 2. The number of aryl methyl sites for hydroxylation is 1. The molecule has 0 atom stereocenters. The van der Waals surface area contributed by atoms with Gasteiger partial charge in [0.2, 0.25) is 0 Å². The van der Waals surface area contributed by atoms with Crippen LogP contribution in [0.3, 0.4) is 0 Å². The maximum absolute atomic E-state index is 12.4. The van der Waals surface area contributed by atoms with E-state index in [1.165, 1.54) is 14.2 Å². The van der Waals surface area contributed by atoms with Gasteiger partial charge >= 0.3 is 6.18 Å². The molecule has 0 unspecified atom stereocenters. The first-order valence-electron chi connectivity index (χ1n) is 3.65. The van der Waals surface area contributed by atoms with Gasteiger partial charge in [-0.25, -0.2) is 0 Å². The zero-order valence-corrected chi connectivity index (χ0v) is 8.28. The minimum atomic E-state index is -4.50. The summed E-state index contributed by atoms with van der Waals surface area (Å²) in [5, 5.41) is 3.21. The number of methoxy groups -OCH3 is 1. The van der Waals surface area contributed by atoms with Crippen molar-refractivity contribution >= 4 is 11.6 Å². The van der Waals surface area contributed by atoms with E-state index in [4.69, 9.17) is 11.6 Å². The first kappa shape index (κ1) is 11.3. The topological polar surface area (TPSA) is 27.1 Å². The number of ether oxygens (including phenoxy) is 1. The Labute approximate surface area is 83.4 Å². The average molecular weight is 229 g/mol. The van der Waals surface area contributed by atoms with Crippen molar-refractivity contribution in [2.24, 2.45) is 7.05 Å². The van der Waals surface area contributed by atoms with Crippen LogP contribution in [0, 0.1) is 0 Å². The standard InChI is InChI=1S/C7H8ClF3N2O/c1-13-6(7(9,10)11)5(8)4(12-13)3-14-2/h3H2,1-2H3. The third-order valence-corrected chi connectivity index (χ3v) is 2.00. The van der Waals surface area contributed by atoms with E-state index in [9.17, 15) is 13.2 Å². The summed E-state index contributed by atoms with van der Waals surface area (Å²) in [5.41, 5.74) is -0.866. The lowest BCUT2D eigenvalue weighted by Gasteiger charge is -2.06. The minimum Gasteiger partial charge on any atom is -0.378 e. The monoisotopic (exact) mass is 228 g/mol. The Morgan fingerprint density at radius 2 is 2.07 bits per heavy atom. The lowest BCUT2D eigenvalue weighted by atomic mass is 10.3. The Bertz CT molecular complexity index is 334. The van der Waals surface area contributed by atoms with Crippen molar-refractivity contribution < 1.29 is 17.9 Å². The Morgan fingerprint density at radius 1 is 1.50 bits per heavy atom. The van der Waals surface area contributed by atoms with Crippen LogP contribution in [0.15, 0.2) is 0 Å². The van der Waals surface area contributed by atoms with Gasteiger partial charge in [-0.05, 0) is 0 Å². The van der Waals surface area contributed by atoms with E-state index in [1.807, 2.05) is 0 Å². The van der Waals surface area contributed by atoms with Gasteiger partial charge in [0.05, 0.1) is 11.6 Å². The van der Waals surface area contributed by atoms with Crippen molar-refractivity contribution in [2.45, 2.75) is 12.8 Å². The van der Waals surface area contributed by atoms with Crippen LogP contribution in [-0.2, 0) is 24.6 Å². The molecule has 0 aliphatic heterocycles. The van der Waals surface area contributed by atoms with Crippen LogP contribution in [-0.4, -0.2) is 16.9 Å². The van der Waals surface area contributed by atoms with E-state index < -0.39 is 16.9 Å². The van der Waals surface area contributed by atoms with E-state index in [0.29, 0.717) is 4.68 Å². The van der Waals surface area contributed by atoms with E-state index in [2.05, 4.69) is 9.84 Å². The van der Waals surface area contributed by atoms with E-state index in [1.54, 1.807) is 0 Å².